The topological polar surface area (TPSA) is 77.7 Å². The van der Waals surface area contributed by atoms with Crippen molar-refractivity contribution in [1.29, 1.82) is 0 Å². The molecule has 8 heterocycles. The predicted molar refractivity (Wildman–Crippen MR) is 633 cm³/mol. The summed E-state index contributed by atoms with van der Waals surface area (Å²) in [5.74, 6) is 0. The molecule has 8 aromatic heterocycles. The van der Waals surface area contributed by atoms with Gasteiger partial charge in [-0.05, 0) is 80.2 Å². The van der Waals surface area contributed by atoms with Gasteiger partial charge in [-0.15, -0.1) is 0 Å². The molecule has 30 aromatic rings. The summed E-state index contributed by atoms with van der Waals surface area (Å²) in [5, 5.41) is 36.0. The Labute approximate surface area is 869 Å². The van der Waals surface area contributed by atoms with Crippen molar-refractivity contribution in [2.24, 2.45) is 0 Å². The van der Waals surface area contributed by atoms with E-state index in [1.54, 1.807) is 0 Å². The van der Waals surface area contributed by atoms with Crippen LogP contribution in [0.15, 0.2) is 516 Å². The van der Waals surface area contributed by atoms with Crippen LogP contribution in [0.3, 0.4) is 0 Å². The fourth-order valence-electron chi connectivity index (χ4n) is 22.6. The molecule has 0 saturated heterocycles. The number of pyridine rings is 5. The monoisotopic (exact) mass is 2130 g/mol. The predicted octanol–water partition coefficient (Wildman–Crippen LogP) is 29.2. The number of fused-ring (bicyclic) bond motifs is 33. The minimum absolute atomic E-state index is 0.963. The molecular formula is C133H85N8P3Se3. The van der Waals surface area contributed by atoms with Crippen LogP contribution in [0.5, 0.6) is 0 Å². The van der Waals surface area contributed by atoms with Gasteiger partial charge < -0.3 is 0 Å². The van der Waals surface area contributed by atoms with Gasteiger partial charge in [-0.25, -0.2) is 9.97 Å². The average molecular weight is 2130 g/mol. The molecule has 0 N–H and O–H groups in total. The molecule has 30 rings (SSSR count). The molecule has 0 spiro atoms. The number of benzene rings is 22. The first-order chi connectivity index (χ1) is 72.5. The van der Waals surface area contributed by atoms with E-state index in [1.807, 2.05) is 0 Å². The van der Waals surface area contributed by atoms with Gasteiger partial charge >= 0.3 is 615 Å². The summed E-state index contributed by atoms with van der Waals surface area (Å²) in [6, 6.07) is 182. The molecule has 0 unspecified atom stereocenters. The van der Waals surface area contributed by atoms with Gasteiger partial charge in [0.15, 0.2) is 0 Å². The molecule has 0 aliphatic carbocycles. The SMILES string of the molecule is [Se]=P(c1ccccc1)(c1ccccc1)c1ccc(-c2ccc3c(ccc4c5ccccc5c5nc6ccccc6n5c34)c2)nc1.[Se]=P(c1ccccc1)(c1ccccc1)c1ccc2cc(-c3ccc4c5c6ccccc6ccc5c5nc6ccccc6n5c4c3)ccc2c1.[Se]=P(c1ccccc1)(c1ccccc1)c1cnc2cc(-c3ccc4nc5c6c7ccccc7ccc6c6cc7ccccc7cc6n5c4c3)ccc2c1. The molecule has 0 radical (unpaired) electrons. The summed E-state index contributed by atoms with van der Waals surface area (Å²) in [6.07, 6.45) is 4.15. The van der Waals surface area contributed by atoms with E-state index >= 15 is 0 Å². The van der Waals surface area contributed by atoms with Crippen molar-refractivity contribution in [3.63, 3.8) is 0 Å². The molecule has 14 heteroatoms. The van der Waals surface area contributed by atoms with Crippen LogP contribution in [0.25, 0.3) is 213 Å². The van der Waals surface area contributed by atoms with Gasteiger partial charge in [0, 0.05) is 21.5 Å². The van der Waals surface area contributed by atoms with Crippen LogP contribution in [0, 0.1) is 0 Å². The maximum absolute atomic E-state index is 5.34. The first-order valence-corrected chi connectivity index (χ1v) is 61.5. The standard InChI is InChI=1S/C48H30N3PSe.C45H29N2PSe.C40H26N3PSe/c53-52(37-14-3-1-4-15-37,38-16-5-2-6-17-38)39-25-36-20-19-34(27-44(36)49-30-39)35-22-24-43-46(29-35)51-45-28-33-13-8-7-12-32(33)26-42(45)41-23-21-31-11-9-10-18-40(31)47(41)48(51)50-43;49-48(35-12-3-1-4-13-35,36-14-5-2-6-15-36)37-24-21-32-27-31(19-20-33(32)28-37)34-23-25-39-43(29-34)47-42-18-10-9-17-41(42)46-45(47)40-26-22-30-11-7-8-16-38(30)44(39)40;45-44(29-11-3-1-4-12-29,30-13-5-2-6-14-30)31-21-24-36(41-26-31)28-20-22-32-27(25-28)19-23-34-33-15-7-8-16-35(33)40-42-37-17-9-10-18-38(37)43(40)39(32)34/h1-30H;1-29H;1-26H. The molecule has 690 valence electrons. The molecule has 8 nitrogen and oxygen atoms in total. The fourth-order valence-corrected chi connectivity index (χ4v) is 37.1. The molecule has 0 fully saturated rings. The van der Waals surface area contributed by atoms with Gasteiger partial charge in [0.05, 0.1) is 11.0 Å². The second kappa shape index (κ2) is 36.0. The summed E-state index contributed by atoms with van der Waals surface area (Å²) in [4.78, 5) is 25.8. The quantitative estimate of drug-likeness (QED) is 0.0527. The van der Waals surface area contributed by atoms with Gasteiger partial charge in [-0.1, -0.05) is 140 Å². The van der Waals surface area contributed by atoms with E-state index in [-0.39, 0.29) is 0 Å². The molecule has 0 amide bonds. The minimum atomic E-state index is -2.01. The molecular weight excluding hydrogens is 2040 g/mol. The molecule has 22 aromatic carbocycles. The molecule has 0 saturated carbocycles. The zero-order valence-electron chi connectivity index (χ0n) is 79.2. The van der Waals surface area contributed by atoms with Crippen LogP contribution in [-0.2, 0) is 0 Å². The summed E-state index contributed by atoms with van der Waals surface area (Å²) in [5.41, 5.74) is 14.6. The zero-order chi connectivity index (χ0) is 97.6. The van der Waals surface area contributed by atoms with Gasteiger partial charge in [0.25, 0.3) is 0 Å². The molecule has 147 heavy (non-hydrogen) atoms. The number of para-hydroxylation sites is 4. The van der Waals surface area contributed by atoms with Gasteiger partial charge in [0.1, 0.15) is 0 Å². The van der Waals surface area contributed by atoms with E-state index in [9.17, 15) is 0 Å². The summed E-state index contributed by atoms with van der Waals surface area (Å²) in [7, 11) is 0. The van der Waals surface area contributed by atoms with Crippen LogP contribution in [0.1, 0.15) is 0 Å². The fraction of sp³-hybridized carbons (Fsp3) is 0. The number of imidazole rings is 3. The normalized spacial score (nSPS) is 12.2. The summed E-state index contributed by atoms with van der Waals surface area (Å²) in [6.45, 7) is 0. The summed E-state index contributed by atoms with van der Waals surface area (Å²) >= 11 is 11.0. The number of hydrogen-bond acceptors (Lipinski definition) is 5. The van der Waals surface area contributed by atoms with E-state index in [2.05, 4.69) is 574 Å². The number of rotatable bonds is 12. The van der Waals surface area contributed by atoms with Crippen LogP contribution >= 0.6 is 16.5 Å². The zero-order valence-corrected chi connectivity index (χ0v) is 87.0. The van der Waals surface area contributed by atoms with Crippen LogP contribution in [0.4, 0.5) is 0 Å². The maximum atomic E-state index is 5.34. The number of aromatic nitrogens is 8. The van der Waals surface area contributed by atoms with Gasteiger partial charge in [-0.3, -0.25) is 0 Å². The van der Waals surface area contributed by atoms with Crippen molar-refractivity contribution in [3.05, 3.63) is 516 Å². The molecule has 0 atom stereocenters. The van der Waals surface area contributed by atoms with Crippen molar-refractivity contribution in [2.45, 2.75) is 0 Å². The van der Waals surface area contributed by atoms with Crippen molar-refractivity contribution < 1.29 is 0 Å². The van der Waals surface area contributed by atoms with E-state index in [0.717, 1.165) is 88.8 Å². The van der Waals surface area contributed by atoms with E-state index < -0.39 is 16.5 Å². The number of nitrogens with zero attached hydrogens (tertiary/aromatic N) is 8. The Morgan fingerprint density at radius 3 is 1.17 bits per heavy atom. The third-order valence-electron chi connectivity index (χ3n) is 29.7. The van der Waals surface area contributed by atoms with E-state index in [0.29, 0.717) is 0 Å². The van der Waals surface area contributed by atoms with Crippen molar-refractivity contribution in [1.82, 2.24) is 38.1 Å². The van der Waals surface area contributed by atoms with Crippen molar-refractivity contribution >= 4 is 289 Å². The van der Waals surface area contributed by atoms with Gasteiger partial charge in [-0.2, -0.15) is 0 Å². The van der Waals surface area contributed by atoms with Crippen molar-refractivity contribution in [2.75, 3.05) is 0 Å². The second-order valence-electron chi connectivity index (χ2n) is 37.9. The molecule has 0 aliphatic heterocycles. The Bertz CT molecular complexity index is 10700. The third-order valence-corrected chi connectivity index (χ3v) is 50.8. The van der Waals surface area contributed by atoms with Crippen LogP contribution in [-0.4, -0.2) is 83.4 Å². The molecule has 0 bridgehead atoms. The Morgan fingerprint density at radius 2 is 0.551 bits per heavy atom. The Balaban J connectivity index is 0.000000107. The van der Waals surface area contributed by atoms with E-state index in [4.69, 9.17) is 24.9 Å². The first kappa shape index (κ1) is 88.6. The molecule has 0 aliphatic rings. The summed E-state index contributed by atoms with van der Waals surface area (Å²) < 4.78 is 7.08. The van der Waals surface area contributed by atoms with Gasteiger partial charge in [0.2, 0.25) is 0 Å². The van der Waals surface area contributed by atoms with Crippen LogP contribution in [0.2, 0.25) is 0 Å². The third kappa shape index (κ3) is 14.7. The Kier molecular flexibility index (Phi) is 21.7. The second-order valence-corrected chi connectivity index (χ2v) is 56.5. The van der Waals surface area contributed by atoms with E-state index in [1.165, 1.54) is 172 Å². The Morgan fingerprint density at radius 1 is 0.170 bits per heavy atom. The number of hydrogen-bond donors (Lipinski definition) is 0. The van der Waals surface area contributed by atoms with Crippen LogP contribution < -0.4 is 47.7 Å². The average Bonchev–Trinajstić information content (AvgIpc) is 1.58. The van der Waals surface area contributed by atoms with Crippen molar-refractivity contribution in [3.8, 4) is 33.5 Å². The Hall–Kier alpha value is -16.0. The first-order valence-electron chi connectivity index (χ1n) is 49.4.